The second-order valence-electron chi connectivity index (χ2n) is 9.07. The molecular formula is C25H29ClFNO5. The monoisotopic (exact) mass is 477 g/mol. The molecule has 0 saturated carbocycles. The van der Waals surface area contributed by atoms with Crippen LogP contribution in [-0.2, 0) is 16.1 Å². The van der Waals surface area contributed by atoms with Crippen LogP contribution in [0.1, 0.15) is 49.5 Å². The van der Waals surface area contributed by atoms with Crippen LogP contribution in [0.4, 0.5) is 9.18 Å². The molecule has 1 saturated heterocycles. The van der Waals surface area contributed by atoms with E-state index < -0.39 is 17.4 Å². The second kappa shape index (κ2) is 10.9. The van der Waals surface area contributed by atoms with Gasteiger partial charge in [0.15, 0.2) is 0 Å². The zero-order valence-electron chi connectivity index (χ0n) is 19.1. The maximum atomic E-state index is 14.5. The average Bonchev–Trinajstić information content (AvgIpc) is 2.77. The molecule has 1 atom stereocenters. The van der Waals surface area contributed by atoms with Gasteiger partial charge in [-0.25, -0.2) is 14.0 Å². The summed E-state index contributed by atoms with van der Waals surface area (Å²) in [4.78, 5) is 26.3. The van der Waals surface area contributed by atoms with Gasteiger partial charge in [-0.2, -0.15) is 0 Å². The van der Waals surface area contributed by atoms with E-state index in [0.29, 0.717) is 13.1 Å². The van der Waals surface area contributed by atoms with Crippen molar-refractivity contribution in [2.75, 3.05) is 19.7 Å². The third-order valence-electron chi connectivity index (χ3n) is 5.10. The van der Waals surface area contributed by atoms with Gasteiger partial charge in [-0.3, -0.25) is 0 Å². The van der Waals surface area contributed by atoms with Crippen LogP contribution in [0.25, 0.3) is 0 Å². The van der Waals surface area contributed by atoms with Crippen LogP contribution in [0.15, 0.2) is 42.5 Å². The van der Waals surface area contributed by atoms with Crippen molar-refractivity contribution in [2.45, 2.75) is 45.8 Å². The van der Waals surface area contributed by atoms with Gasteiger partial charge in [0.2, 0.25) is 0 Å². The minimum Gasteiger partial charge on any atom is -0.492 e. The van der Waals surface area contributed by atoms with Crippen molar-refractivity contribution in [3.63, 3.8) is 0 Å². The molecule has 178 valence electrons. The minimum atomic E-state index is -0.787. The first-order chi connectivity index (χ1) is 15.6. The van der Waals surface area contributed by atoms with Gasteiger partial charge in [-0.1, -0.05) is 41.9 Å². The van der Waals surface area contributed by atoms with Gasteiger partial charge in [-0.05, 0) is 45.2 Å². The number of hydrogen-bond donors (Lipinski definition) is 0. The summed E-state index contributed by atoms with van der Waals surface area (Å²) in [6, 6.07) is 11.8. The van der Waals surface area contributed by atoms with E-state index in [4.69, 9.17) is 25.8 Å². The number of halogens is 2. The van der Waals surface area contributed by atoms with E-state index >= 15 is 0 Å². The number of rotatable bonds is 6. The summed E-state index contributed by atoms with van der Waals surface area (Å²) in [5.41, 5.74) is -0.0678. The van der Waals surface area contributed by atoms with Crippen molar-refractivity contribution in [1.29, 1.82) is 0 Å². The standard InChI is InChI=1S/C25H29ClFNO5/c1-25(2,3)33-23(29)19-12-20(26)22(13-21(19)27)31-16-18-10-7-11-28(14-18)24(30)32-15-17-8-5-4-6-9-17/h4-6,8-9,12-13,18H,7,10-11,14-16H2,1-3H3. The van der Waals surface area contributed by atoms with Crippen LogP contribution in [-0.4, -0.2) is 42.3 Å². The van der Waals surface area contributed by atoms with Crippen LogP contribution < -0.4 is 4.74 Å². The molecule has 0 spiro atoms. The van der Waals surface area contributed by atoms with Crippen LogP contribution in [0.5, 0.6) is 5.75 Å². The van der Waals surface area contributed by atoms with E-state index in [0.717, 1.165) is 24.5 Å². The Bertz CT molecular complexity index is 977. The number of hydrogen-bond acceptors (Lipinski definition) is 5. The van der Waals surface area contributed by atoms with Gasteiger partial charge in [0.1, 0.15) is 23.8 Å². The molecule has 0 aromatic heterocycles. The zero-order chi connectivity index (χ0) is 24.0. The molecule has 8 heteroatoms. The number of amides is 1. The number of piperidine rings is 1. The minimum absolute atomic E-state index is 0.0488. The van der Waals surface area contributed by atoms with Gasteiger partial charge in [0.05, 0.1) is 17.2 Å². The van der Waals surface area contributed by atoms with E-state index in [-0.39, 0.29) is 41.6 Å². The highest BCUT2D eigenvalue weighted by molar-refractivity contribution is 6.32. The van der Waals surface area contributed by atoms with Crippen LogP contribution in [0.3, 0.4) is 0 Å². The first kappa shape index (κ1) is 24.8. The fraction of sp³-hybridized carbons (Fsp3) is 0.440. The molecule has 1 unspecified atom stereocenters. The number of ether oxygens (including phenoxy) is 3. The summed E-state index contributed by atoms with van der Waals surface area (Å²) in [7, 11) is 0. The maximum absolute atomic E-state index is 14.5. The lowest BCUT2D eigenvalue weighted by molar-refractivity contribution is 0.00646. The van der Waals surface area contributed by atoms with E-state index in [1.807, 2.05) is 30.3 Å². The molecule has 2 aromatic rings. The lowest BCUT2D eigenvalue weighted by Crippen LogP contribution is -2.41. The van der Waals surface area contributed by atoms with E-state index in [2.05, 4.69) is 0 Å². The normalized spacial score (nSPS) is 16.3. The summed E-state index contributed by atoms with van der Waals surface area (Å²) < 4.78 is 30.9. The summed E-state index contributed by atoms with van der Waals surface area (Å²) in [6.45, 7) is 6.67. The highest BCUT2D eigenvalue weighted by atomic mass is 35.5. The molecule has 1 aliphatic heterocycles. The highest BCUT2D eigenvalue weighted by Crippen LogP contribution is 2.30. The molecule has 1 heterocycles. The Morgan fingerprint density at radius 1 is 1.18 bits per heavy atom. The number of nitrogens with zero attached hydrogens (tertiary/aromatic N) is 1. The fourth-order valence-electron chi connectivity index (χ4n) is 3.51. The Hall–Kier alpha value is -2.80. The van der Waals surface area contributed by atoms with Gasteiger partial charge in [-0.15, -0.1) is 0 Å². The van der Waals surface area contributed by atoms with Crippen LogP contribution >= 0.6 is 11.6 Å². The lowest BCUT2D eigenvalue weighted by Gasteiger charge is -2.32. The predicted octanol–water partition coefficient (Wildman–Crippen LogP) is 5.86. The Labute approximate surface area is 198 Å². The van der Waals surface area contributed by atoms with E-state index in [1.165, 1.54) is 6.07 Å². The van der Waals surface area contributed by atoms with Crippen LogP contribution in [0.2, 0.25) is 5.02 Å². The maximum Gasteiger partial charge on any atom is 0.410 e. The van der Waals surface area contributed by atoms with E-state index in [9.17, 15) is 14.0 Å². The van der Waals surface area contributed by atoms with Crippen LogP contribution in [0, 0.1) is 11.7 Å². The van der Waals surface area contributed by atoms with E-state index in [1.54, 1.807) is 25.7 Å². The number of benzene rings is 2. The molecule has 0 bridgehead atoms. The smallest absolute Gasteiger partial charge is 0.410 e. The van der Waals surface area contributed by atoms with Crippen molar-refractivity contribution in [3.05, 3.63) is 64.4 Å². The molecular weight excluding hydrogens is 449 g/mol. The van der Waals surface area contributed by atoms with Gasteiger partial charge < -0.3 is 19.1 Å². The van der Waals surface area contributed by atoms with Gasteiger partial charge in [0, 0.05) is 25.1 Å². The number of likely N-dealkylation sites (tertiary alicyclic amines) is 1. The lowest BCUT2D eigenvalue weighted by atomic mass is 9.99. The average molecular weight is 478 g/mol. The Morgan fingerprint density at radius 2 is 1.91 bits per heavy atom. The Kier molecular flexibility index (Phi) is 8.19. The van der Waals surface area contributed by atoms with Crippen molar-refractivity contribution in [1.82, 2.24) is 4.90 Å². The molecule has 6 nitrogen and oxygen atoms in total. The molecule has 33 heavy (non-hydrogen) atoms. The number of carbonyl (C=O) groups excluding carboxylic acids is 2. The van der Waals surface area contributed by atoms with Crippen molar-refractivity contribution < 1.29 is 28.2 Å². The first-order valence-electron chi connectivity index (χ1n) is 10.9. The largest absolute Gasteiger partial charge is 0.492 e. The van der Waals surface area contributed by atoms with Crippen molar-refractivity contribution in [2.24, 2.45) is 5.92 Å². The summed E-state index contributed by atoms with van der Waals surface area (Å²) in [5, 5.41) is 0.118. The van der Waals surface area contributed by atoms with Gasteiger partial charge in [0.25, 0.3) is 0 Å². The third-order valence-corrected chi connectivity index (χ3v) is 5.39. The first-order valence-corrected chi connectivity index (χ1v) is 11.3. The molecule has 1 amide bonds. The van der Waals surface area contributed by atoms with Crippen molar-refractivity contribution in [3.8, 4) is 5.75 Å². The van der Waals surface area contributed by atoms with Crippen molar-refractivity contribution >= 4 is 23.7 Å². The highest BCUT2D eigenvalue weighted by Gasteiger charge is 2.26. The zero-order valence-corrected chi connectivity index (χ0v) is 19.9. The van der Waals surface area contributed by atoms with Gasteiger partial charge >= 0.3 is 12.1 Å². The molecule has 0 radical (unpaired) electrons. The summed E-state index contributed by atoms with van der Waals surface area (Å²) in [5.74, 6) is -1.36. The fourth-order valence-corrected chi connectivity index (χ4v) is 3.73. The topological polar surface area (TPSA) is 65.1 Å². The summed E-state index contributed by atoms with van der Waals surface area (Å²) in [6.07, 6.45) is 1.31. The molecule has 0 aliphatic carbocycles. The SMILES string of the molecule is CC(C)(C)OC(=O)c1cc(Cl)c(OCC2CCCN(C(=O)OCc3ccccc3)C2)cc1F. The summed E-state index contributed by atoms with van der Waals surface area (Å²) >= 11 is 6.23. The molecule has 2 aromatic carbocycles. The molecule has 3 rings (SSSR count). The quantitative estimate of drug-likeness (QED) is 0.487. The molecule has 1 aliphatic rings. The number of carbonyl (C=O) groups is 2. The second-order valence-corrected chi connectivity index (χ2v) is 9.48. The molecule has 0 N–H and O–H groups in total. The predicted molar refractivity (Wildman–Crippen MR) is 123 cm³/mol. The Morgan fingerprint density at radius 3 is 2.61 bits per heavy atom. The number of esters is 1. The third kappa shape index (κ3) is 7.35. The molecule has 1 fully saturated rings. The Balaban J connectivity index is 1.54.